The summed E-state index contributed by atoms with van der Waals surface area (Å²) in [7, 11) is 3.32. The van der Waals surface area contributed by atoms with Crippen LogP contribution in [0.1, 0.15) is 46.1 Å². The molecule has 0 radical (unpaired) electrons. The largest absolute Gasteiger partial charge is 0.497 e. The molecular weight excluding hydrogens is 352 g/mol. The number of carbonyl (C=O) groups is 1. The van der Waals surface area contributed by atoms with Crippen LogP contribution in [0.3, 0.4) is 0 Å². The van der Waals surface area contributed by atoms with Crippen molar-refractivity contribution in [1.82, 2.24) is 9.88 Å². The van der Waals surface area contributed by atoms with Gasteiger partial charge in [0.05, 0.1) is 20.3 Å². The quantitative estimate of drug-likeness (QED) is 0.711. The van der Waals surface area contributed by atoms with E-state index in [4.69, 9.17) is 9.47 Å². The van der Waals surface area contributed by atoms with Gasteiger partial charge in [-0.05, 0) is 68.7 Å². The first-order valence-corrected chi connectivity index (χ1v) is 9.65. The molecular formula is C23H26N2O3. The lowest BCUT2D eigenvalue weighted by molar-refractivity contribution is 0.0734. The number of hydrogen-bond acceptors (Lipinski definition) is 3. The number of rotatable bonds is 4. The lowest BCUT2D eigenvalue weighted by Gasteiger charge is -2.27. The topological polar surface area (TPSA) is 54.6 Å². The average Bonchev–Trinajstić information content (AvgIpc) is 3.32. The van der Waals surface area contributed by atoms with Crippen molar-refractivity contribution in [3.05, 3.63) is 58.8 Å². The van der Waals surface area contributed by atoms with E-state index in [1.54, 1.807) is 14.2 Å². The number of nitrogens with zero attached hydrogens (tertiary/aromatic N) is 1. The number of amides is 1. The Hall–Kier alpha value is -2.95. The lowest BCUT2D eigenvalue weighted by atomic mass is 10.0. The standard InChI is InChI=1S/C23H26N2O3/c1-14-15(2)24-20-9-7-16(12-18(14)20)23(26)25-11-5-6-21(25)19-13-17(27-3)8-10-22(19)28-4/h7-10,12-13,21,24H,5-6,11H2,1-4H3/t21-/m0/s1. The molecule has 28 heavy (non-hydrogen) atoms. The van der Waals surface area contributed by atoms with Crippen LogP contribution in [0.4, 0.5) is 0 Å². The Balaban J connectivity index is 1.70. The number of aromatic amines is 1. The van der Waals surface area contributed by atoms with E-state index in [-0.39, 0.29) is 11.9 Å². The SMILES string of the molecule is COc1ccc(OC)c([C@@H]2CCCN2C(=O)c2ccc3[nH]c(C)c(C)c3c2)c1. The molecule has 0 bridgehead atoms. The highest BCUT2D eigenvalue weighted by Gasteiger charge is 2.33. The first kappa shape index (κ1) is 18.4. The maximum Gasteiger partial charge on any atom is 0.254 e. The summed E-state index contributed by atoms with van der Waals surface area (Å²) in [6.07, 6.45) is 1.89. The van der Waals surface area contributed by atoms with E-state index in [0.717, 1.165) is 58.6 Å². The molecule has 1 N–H and O–H groups in total. The van der Waals surface area contributed by atoms with E-state index in [9.17, 15) is 4.79 Å². The minimum atomic E-state index is -0.0118. The van der Waals surface area contributed by atoms with Gasteiger partial charge < -0.3 is 19.4 Å². The first-order chi connectivity index (χ1) is 13.5. The van der Waals surface area contributed by atoms with Crippen LogP contribution in [-0.2, 0) is 0 Å². The summed E-state index contributed by atoms with van der Waals surface area (Å²) in [5, 5.41) is 1.11. The van der Waals surface area contributed by atoms with Gasteiger partial charge in [0.1, 0.15) is 11.5 Å². The molecule has 2 heterocycles. The number of hydrogen-bond donors (Lipinski definition) is 1. The van der Waals surface area contributed by atoms with Crippen molar-refractivity contribution < 1.29 is 14.3 Å². The maximum absolute atomic E-state index is 13.4. The van der Waals surface area contributed by atoms with Crippen LogP contribution < -0.4 is 9.47 Å². The summed E-state index contributed by atoms with van der Waals surface area (Å²) in [4.78, 5) is 18.7. The normalized spacial score (nSPS) is 16.6. The predicted molar refractivity (Wildman–Crippen MR) is 110 cm³/mol. The number of nitrogens with one attached hydrogen (secondary N) is 1. The Kier molecular flexibility index (Phi) is 4.75. The fourth-order valence-corrected chi connectivity index (χ4v) is 4.19. The fourth-order valence-electron chi connectivity index (χ4n) is 4.19. The molecule has 1 aromatic heterocycles. The van der Waals surface area contributed by atoms with Crippen LogP contribution in [0, 0.1) is 13.8 Å². The van der Waals surface area contributed by atoms with Crippen molar-refractivity contribution in [2.75, 3.05) is 20.8 Å². The minimum absolute atomic E-state index is 0.0118. The highest BCUT2D eigenvalue weighted by Crippen LogP contribution is 2.39. The summed E-state index contributed by atoms with van der Waals surface area (Å²) in [6, 6.07) is 11.7. The van der Waals surface area contributed by atoms with Gasteiger partial charge in [0, 0.05) is 34.3 Å². The van der Waals surface area contributed by atoms with Gasteiger partial charge in [-0.2, -0.15) is 0 Å². The molecule has 0 unspecified atom stereocenters. The van der Waals surface area contributed by atoms with E-state index in [0.29, 0.717) is 0 Å². The molecule has 1 fully saturated rings. The Bertz CT molecular complexity index is 1040. The number of aromatic nitrogens is 1. The van der Waals surface area contributed by atoms with Crippen molar-refractivity contribution >= 4 is 16.8 Å². The summed E-state index contributed by atoms with van der Waals surface area (Å²) in [6.45, 7) is 4.89. The van der Waals surface area contributed by atoms with Crippen LogP contribution in [0.2, 0.25) is 0 Å². The molecule has 1 aliphatic rings. The minimum Gasteiger partial charge on any atom is -0.497 e. The van der Waals surface area contributed by atoms with E-state index in [2.05, 4.69) is 18.8 Å². The highest BCUT2D eigenvalue weighted by atomic mass is 16.5. The van der Waals surface area contributed by atoms with E-state index >= 15 is 0 Å². The second-order valence-corrected chi connectivity index (χ2v) is 7.40. The van der Waals surface area contributed by atoms with Gasteiger partial charge >= 0.3 is 0 Å². The first-order valence-electron chi connectivity index (χ1n) is 9.65. The Morgan fingerprint density at radius 3 is 2.68 bits per heavy atom. The molecule has 146 valence electrons. The van der Waals surface area contributed by atoms with Crippen LogP contribution in [0.15, 0.2) is 36.4 Å². The summed E-state index contributed by atoms with van der Waals surface area (Å²) in [5.41, 5.74) is 5.13. The third-order valence-electron chi connectivity index (χ3n) is 5.86. The molecule has 5 nitrogen and oxygen atoms in total. The van der Waals surface area contributed by atoms with Gasteiger partial charge in [0.25, 0.3) is 5.91 Å². The monoisotopic (exact) mass is 378 g/mol. The van der Waals surface area contributed by atoms with Crippen LogP contribution in [0.5, 0.6) is 11.5 Å². The van der Waals surface area contributed by atoms with Gasteiger partial charge in [0.15, 0.2) is 0 Å². The van der Waals surface area contributed by atoms with Gasteiger partial charge in [-0.25, -0.2) is 0 Å². The summed E-state index contributed by atoms with van der Waals surface area (Å²) >= 11 is 0. The molecule has 1 amide bonds. The molecule has 1 atom stereocenters. The maximum atomic E-state index is 13.4. The molecule has 2 aromatic carbocycles. The highest BCUT2D eigenvalue weighted by molar-refractivity contribution is 5.99. The summed E-state index contributed by atoms with van der Waals surface area (Å²) in [5.74, 6) is 1.63. The predicted octanol–water partition coefficient (Wildman–Crippen LogP) is 4.78. The van der Waals surface area contributed by atoms with E-state index in [1.165, 1.54) is 5.56 Å². The van der Waals surface area contributed by atoms with E-state index < -0.39 is 0 Å². The molecule has 0 spiro atoms. The summed E-state index contributed by atoms with van der Waals surface area (Å²) < 4.78 is 11.0. The third-order valence-corrected chi connectivity index (χ3v) is 5.86. The van der Waals surface area contributed by atoms with Crippen LogP contribution in [-0.4, -0.2) is 36.6 Å². The zero-order chi connectivity index (χ0) is 19.8. The number of likely N-dealkylation sites (tertiary alicyclic amines) is 1. The van der Waals surface area contributed by atoms with Crippen molar-refractivity contribution in [2.45, 2.75) is 32.7 Å². The smallest absolute Gasteiger partial charge is 0.254 e. The average molecular weight is 378 g/mol. The molecule has 4 rings (SSSR count). The number of carbonyl (C=O) groups excluding carboxylic acids is 1. The second kappa shape index (κ2) is 7.23. The Labute approximate surface area is 165 Å². The molecule has 3 aromatic rings. The van der Waals surface area contributed by atoms with Crippen molar-refractivity contribution in [3.8, 4) is 11.5 Å². The van der Waals surface area contributed by atoms with Gasteiger partial charge in [-0.3, -0.25) is 4.79 Å². The molecule has 0 saturated carbocycles. The zero-order valence-corrected chi connectivity index (χ0v) is 16.8. The number of ether oxygens (including phenoxy) is 2. The lowest BCUT2D eigenvalue weighted by Crippen LogP contribution is -2.30. The number of methoxy groups -OCH3 is 2. The molecule has 1 aliphatic heterocycles. The van der Waals surface area contributed by atoms with E-state index in [1.807, 2.05) is 41.3 Å². The number of fused-ring (bicyclic) bond motifs is 1. The third kappa shape index (κ3) is 3.01. The zero-order valence-electron chi connectivity index (χ0n) is 16.8. The number of benzene rings is 2. The van der Waals surface area contributed by atoms with Crippen molar-refractivity contribution in [2.24, 2.45) is 0 Å². The molecule has 0 aliphatic carbocycles. The second-order valence-electron chi connectivity index (χ2n) is 7.40. The van der Waals surface area contributed by atoms with Gasteiger partial charge in [-0.1, -0.05) is 0 Å². The molecule has 5 heteroatoms. The number of H-pyrrole nitrogens is 1. The molecule has 1 saturated heterocycles. The van der Waals surface area contributed by atoms with Gasteiger partial charge in [-0.15, -0.1) is 0 Å². The Morgan fingerprint density at radius 2 is 1.93 bits per heavy atom. The van der Waals surface area contributed by atoms with Crippen LogP contribution >= 0.6 is 0 Å². The van der Waals surface area contributed by atoms with Gasteiger partial charge in [0.2, 0.25) is 0 Å². The van der Waals surface area contributed by atoms with Crippen LogP contribution in [0.25, 0.3) is 10.9 Å². The Morgan fingerprint density at radius 1 is 1.11 bits per heavy atom. The fraction of sp³-hybridized carbons (Fsp3) is 0.348. The van der Waals surface area contributed by atoms with Crippen molar-refractivity contribution in [3.63, 3.8) is 0 Å². The van der Waals surface area contributed by atoms with Crippen molar-refractivity contribution in [1.29, 1.82) is 0 Å². The number of aryl methyl sites for hydroxylation is 2.